The van der Waals surface area contributed by atoms with Gasteiger partial charge in [0.1, 0.15) is 0 Å². The highest BCUT2D eigenvalue weighted by molar-refractivity contribution is 6.33. The zero-order valence-corrected chi connectivity index (χ0v) is 12.4. The van der Waals surface area contributed by atoms with Crippen molar-refractivity contribution in [2.45, 2.75) is 25.3 Å². The van der Waals surface area contributed by atoms with Gasteiger partial charge in [-0.3, -0.25) is 9.59 Å². The topological polar surface area (TPSA) is 84.2 Å². The molecule has 0 aromatic heterocycles. The number of primary amides is 1. The molecule has 1 saturated heterocycles. The number of hydrogen-bond acceptors (Lipinski definition) is 3. The molecule has 1 aliphatic rings. The van der Waals surface area contributed by atoms with Crippen LogP contribution in [0, 0.1) is 0 Å². The highest BCUT2D eigenvalue weighted by Crippen LogP contribution is 2.20. The summed E-state index contributed by atoms with van der Waals surface area (Å²) in [5.74, 6) is -0.698. The van der Waals surface area contributed by atoms with Gasteiger partial charge in [-0.15, -0.1) is 12.4 Å². The molecule has 1 aromatic rings. The van der Waals surface area contributed by atoms with Crippen LogP contribution in [0.5, 0.6) is 0 Å². The van der Waals surface area contributed by atoms with Crippen LogP contribution in [-0.2, 0) is 4.79 Å². The minimum atomic E-state index is -0.612. The van der Waals surface area contributed by atoms with Crippen LogP contribution in [-0.4, -0.2) is 24.4 Å². The first-order valence-electron chi connectivity index (χ1n) is 6.19. The van der Waals surface area contributed by atoms with Gasteiger partial charge in [0.2, 0.25) is 11.8 Å². The van der Waals surface area contributed by atoms with Crippen molar-refractivity contribution in [2.24, 2.45) is 5.73 Å². The van der Waals surface area contributed by atoms with Crippen molar-refractivity contribution in [3.8, 4) is 0 Å². The van der Waals surface area contributed by atoms with E-state index >= 15 is 0 Å². The van der Waals surface area contributed by atoms with Crippen LogP contribution in [0.4, 0.5) is 5.69 Å². The summed E-state index contributed by atoms with van der Waals surface area (Å²) in [7, 11) is 0. The van der Waals surface area contributed by atoms with Crippen molar-refractivity contribution < 1.29 is 9.59 Å². The summed E-state index contributed by atoms with van der Waals surface area (Å²) in [6, 6.07) is 4.92. The van der Waals surface area contributed by atoms with E-state index in [2.05, 4.69) is 10.6 Å². The molecule has 20 heavy (non-hydrogen) atoms. The maximum absolute atomic E-state index is 11.8. The van der Waals surface area contributed by atoms with Crippen LogP contribution < -0.4 is 16.4 Å². The Bertz CT molecular complexity index is 502. The van der Waals surface area contributed by atoms with Gasteiger partial charge in [-0.1, -0.05) is 11.6 Å². The minimum absolute atomic E-state index is 0. The number of anilines is 1. The largest absolute Gasteiger partial charge is 0.366 e. The summed E-state index contributed by atoms with van der Waals surface area (Å²) in [5.41, 5.74) is 5.94. The van der Waals surface area contributed by atoms with Crippen LogP contribution in [0.2, 0.25) is 5.02 Å². The summed E-state index contributed by atoms with van der Waals surface area (Å²) in [4.78, 5) is 23.0. The lowest BCUT2D eigenvalue weighted by Crippen LogP contribution is -2.27. The fraction of sp³-hybridized carbons (Fsp3) is 0.385. The summed E-state index contributed by atoms with van der Waals surface area (Å²) in [6.45, 7) is 0.963. The van der Waals surface area contributed by atoms with E-state index < -0.39 is 5.91 Å². The molecule has 2 rings (SSSR count). The molecule has 0 saturated carbocycles. The van der Waals surface area contributed by atoms with Crippen LogP contribution >= 0.6 is 24.0 Å². The molecular weight excluding hydrogens is 301 g/mol. The van der Waals surface area contributed by atoms with Gasteiger partial charge >= 0.3 is 0 Å². The molecule has 7 heteroatoms. The number of rotatable bonds is 4. The van der Waals surface area contributed by atoms with Crippen LogP contribution in [0.1, 0.15) is 29.6 Å². The molecule has 1 atom stereocenters. The number of hydrogen-bond donors (Lipinski definition) is 3. The normalized spacial score (nSPS) is 17.4. The summed E-state index contributed by atoms with van der Waals surface area (Å²) < 4.78 is 0. The molecule has 5 nitrogen and oxygen atoms in total. The Morgan fingerprint density at radius 2 is 2.20 bits per heavy atom. The predicted octanol–water partition coefficient (Wildman–Crippen LogP) is 1.94. The van der Waals surface area contributed by atoms with Crippen LogP contribution in [0.25, 0.3) is 0 Å². The standard InChI is InChI=1S/C13H16ClN3O2.ClH/c14-11-4-3-9(6-10(11)13(15)19)17-12(18)7-8-2-1-5-16-8;/h3-4,6,8,16H,1-2,5,7H2,(H2,15,19)(H,17,18);1H. The van der Waals surface area contributed by atoms with E-state index in [1.807, 2.05) is 0 Å². The third-order valence-electron chi connectivity index (χ3n) is 3.11. The fourth-order valence-electron chi connectivity index (χ4n) is 2.16. The average Bonchev–Trinajstić information content (AvgIpc) is 2.84. The molecule has 0 spiro atoms. The number of carbonyl (C=O) groups is 2. The van der Waals surface area contributed by atoms with E-state index in [-0.39, 0.29) is 34.9 Å². The average molecular weight is 318 g/mol. The van der Waals surface area contributed by atoms with Crippen molar-refractivity contribution in [2.75, 3.05) is 11.9 Å². The Morgan fingerprint density at radius 3 is 2.80 bits per heavy atom. The van der Waals surface area contributed by atoms with Gasteiger partial charge in [0, 0.05) is 18.2 Å². The lowest BCUT2D eigenvalue weighted by Gasteiger charge is -2.11. The Labute approximate surface area is 128 Å². The first-order chi connectivity index (χ1) is 9.06. The van der Waals surface area contributed by atoms with Crippen molar-refractivity contribution in [3.05, 3.63) is 28.8 Å². The highest BCUT2D eigenvalue weighted by Gasteiger charge is 2.18. The quantitative estimate of drug-likeness (QED) is 0.793. The zero-order chi connectivity index (χ0) is 13.8. The lowest BCUT2D eigenvalue weighted by molar-refractivity contribution is -0.116. The van der Waals surface area contributed by atoms with E-state index in [1.165, 1.54) is 6.07 Å². The van der Waals surface area contributed by atoms with Crippen molar-refractivity contribution >= 4 is 41.5 Å². The lowest BCUT2D eigenvalue weighted by atomic mass is 10.1. The monoisotopic (exact) mass is 317 g/mol. The first-order valence-corrected chi connectivity index (χ1v) is 6.56. The molecule has 4 N–H and O–H groups in total. The van der Waals surface area contributed by atoms with Crippen molar-refractivity contribution in [1.82, 2.24) is 5.32 Å². The molecule has 0 aliphatic carbocycles. The van der Waals surface area contributed by atoms with Gasteiger partial charge in [0.15, 0.2) is 0 Å². The summed E-state index contributed by atoms with van der Waals surface area (Å²) in [6.07, 6.45) is 2.54. The molecule has 0 radical (unpaired) electrons. The zero-order valence-electron chi connectivity index (χ0n) is 10.8. The van der Waals surface area contributed by atoms with E-state index in [0.29, 0.717) is 12.1 Å². The first kappa shape index (κ1) is 16.8. The van der Waals surface area contributed by atoms with E-state index in [0.717, 1.165) is 19.4 Å². The molecule has 1 unspecified atom stereocenters. The van der Waals surface area contributed by atoms with Gasteiger partial charge in [-0.2, -0.15) is 0 Å². The van der Waals surface area contributed by atoms with Gasteiger partial charge in [0.25, 0.3) is 0 Å². The van der Waals surface area contributed by atoms with Crippen LogP contribution in [0.15, 0.2) is 18.2 Å². The van der Waals surface area contributed by atoms with Gasteiger partial charge in [0.05, 0.1) is 10.6 Å². The predicted molar refractivity (Wildman–Crippen MR) is 81.5 cm³/mol. The van der Waals surface area contributed by atoms with E-state index in [4.69, 9.17) is 17.3 Å². The third kappa shape index (κ3) is 4.37. The summed E-state index contributed by atoms with van der Waals surface area (Å²) >= 11 is 5.84. The van der Waals surface area contributed by atoms with Crippen LogP contribution in [0.3, 0.4) is 0 Å². The second-order valence-corrected chi connectivity index (χ2v) is 5.01. The molecule has 1 aromatic carbocycles. The maximum atomic E-state index is 11.8. The van der Waals surface area contributed by atoms with Gasteiger partial charge in [-0.25, -0.2) is 0 Å². The van der Waals surface area contributed by atoms with Crippen molar-refractivity contribution in [1.29, 1.82) is 0 Å². The SMILES string of the molecule is Cl.NC(=O)c1cc(NC(=O)CC2CCCN2)ccc1Cl. The second kappa shape index (κ2) is 7.47. The number of nitrogens with two attached hydrogens (primary N) is 1. The Hall–Kier alpha value is -1.30. The summed E-state index contributed by atoms with van der Waals surface area (Å²) in [5, 5.41) is 6.28. The number of benzene rings is 1. The molecule has 1 heterocycles. The Morgan fingerprint density at radius 1 is 1.45 bits per heavy atom. The molecule has 2 amide bonds. The molecule has 1 fully saturated rings. The van der Waals surface area contributed by atoms with Gasteiger partial charge in [-0.05, 0) is 37.6 Å². The highest BCUT2D eigenvalue weighted by atomic mass is 35.5. The fourth-order valence-corrected chi connectivity index (χ4v) is 2.37. The number of carbonyl (C=O) groups excluding carboxylic acids is 2. The Balaban J connectivity index is 0.00000200. The molecule has 0 bridgehead atoms. The van der Waals surface area contributed by atoms with Gasteiger partial charge < -0.3 is 16.4 Å². The number of amides is 2. The minimum Gasteiger partial charge on any atom is -0.366 e. The maximum Gasteiger partial charge on any atom is 0.250 e. The van der Waals surface area contributed by atoms with Crippen molar-refractivity contribution in [3.63, 3.8) is 0 Å². The molecule has 110 valence electrons. The number of nitrogens with one attached hydrogen (secondary N) is 2. The molecular formula is C13H17Cl2N3O2. The smallest absolute Gasteiger partial charge is 0.250 e. The Kier molecular flexibility index (Phi) is 6.26. The van der Waals surface area contributed by atoms with E-state index in [9.17, 15) is 9.59 Å². The van der Waals surface area contributed by atoms with E-state index in [1.54, 1.807) is 12.1 Å². The third-order valence-corrected chi connectivity index (χ3v) is 3.44. The number of halogens is 2. The second-order valence-electron chi connectivity index (χ2n) is 4.60. The molecule has 1 aliphatic heterocycles.